The minimum absolute atomic E-state index is 0.634. The molecule has 0 aliphatic carbocycles. The van der Waals surface area contributed by atoms with E-state index in [1.54, 1.807) is 0 Å². The summed E-state index contributed by atoms with van der Waals surface area (Å²) in [6.45, 7) is 13.7. The third-order valence-corrected chi connectivity index (χ3v) is 4.33. The molecule has 0 amide bonds. The Kier molecular flexibility index (Phi) is 5.93. The molecule has 2 aliphatic rings. The molecular formula is C15H31N3. The predicted molar refractivity (Wildman–Crippen MR) is 78.0 cm³/mol. The van der Waals surface area contributed by atoms with E-state index in [4.69, 9.17) is 0 Å². The van der Waals surface area contributed by atoms with Crippen molar-refractivity contribution in [3.63, 3.8) is 0 Å². The largest absolute Gasteiger partial charge is 0.314 e. The minimum atomic E-state index is 0.634. The van der Waals surface area contributed by atoms with Crippen molar-refractivity contribution >= 4 is 0 Å². The van der Waals surface area contributed by atoms with Crippen LogP contribution in [0.3, 0.4) is 0 Å². The Morgan fingerprint density at radius 2 is 1.78 bits per heavy atom. The molecule has 0 aromatic heterocycles. The summed E-state index contributed by atoms with van der Waals surface area (Å²) < 4.78 is 0. The van der Waals surface area contributed by atoms with Gasteiger partial charge in [-0.25, -0.2) is 0 Å². The molecule has 0 aromatic rings. The molecule has 1 unspecified atom stereocenters. The quantitative estimate of drug-likeness (QED) is 0.746. The molecule has 3 nitrogen and oxygen atoms in total. The standard InChI is InChI=1S/C15H31N3/c1-14(2)16-12-15-6-11-18(13-15)10-5-9-17-7-3-4-8-17/h14-16H,3-13H2,1-2H3. The second kappa shape index (κ2) is 7.46. The summed E-state index contributed by atoms with van der Waals surface area (Å²) >= 11 is 0. The molecule has 0 spiro atoms. The van der Waals surface area contributed by atoms with E-state index in [9.17, 15) is 0 Å². The van der Waals surface area contributed by atoms with Crippen LogP contribution in [0.1, 0.15) is 39.5 Å². The lowest BCUT2D eigenvalue weighted by Crippen LogP contribution is -2.31. The van der Waals surface area contributed by atoms with Gasteiger partial charge in [0.1, 0.15) is 0 Å². The number of nitrogens with one attached hydrogen (secondary N) is 1. The Bertz CT molecular complexity index is 224. The van der Waals surface area contributed by atoms with Crippen molar-refractivity contribution in [1.82, 2.24) is 15.1 Å². The van der Waals surface area contributed by atoms with Crippen molar-refractivity contribution in [3.05, 3.63) is 0 Å². The molecule has 2 rings (SSSR count). The van der Waals surface area contributed by atoms with Crippen LogP contribution < -0.4 is 5.32 Å². The van der Waals surface area contributed by atoms with Crippen LogP contribution in [0.5, 0.6) is 0 Å². The molecule has 106 valence electrons. The monoisotopic (exact) mass is 253 g/mol. The molecule has 1 N–H and O–H groups in total. The van der Waals surface area contributed by atoms with Crippen LogP contribution in [0.4, 0.5) is 0 Å². The van der Waals surface area contributed by atoms with Crippen LogP contribution in [0.15, 0.2) is 0 Å². The normalized spacial score (nSPS) is 26.5. The summed E-state index contributed by atoms with van der Waals surface area (Å²) in [7, 11) is 0. The van der Waals surface area contributed by atoms with Crippen molar-refractivity contribution in [2.24, 2.45) is 5.92 Å². The maximum atomic E-state index is 3.57. The smallest absolute Gasteiger partial charge is 0.00223 e. The first kappa shape index (κ1) is 14.3. The lowest BCUT2D eigenvalue weighted by atomic mass is 10.1. The molecule has 1 atom stereocenters. The maximum absolute atomic E-state index is 3.57. The zero-order valence-corrected chi connectivity index (χ0v) is 12.3. The molecule has 2 saturated heterocycles. The summed E-state index contributed by atoms with van der Waals surface area (Å²) in [5.41, 5.74) is 0. The molecule has 0 radical (unpaired) electrons. The zero-order valence-electron chi connectivity index (χ0n) is 12.3. The van der Waals surface area contributed by atoms with E-state index in [0.29, 0.717) is 6.04 Å². The van der Waals surface area contributed by atoms with Gasteiger partial charge in [0.05, 0.1) is 0 Å². The first-order chi connectivity index (χ1) is 8.74. The van der Waals surface area contributed by atoms with E-state index in [-0.39, 0.29) is 0 Å². The van der Waals surface area contributed by atoms with Gasteiger partial charge in [-0.3, -0.25) is 0 Å². The molecule has 0 aromatic carbocycles. The summed E-state index contributed by atoms with van der Waals surface area (Å²) in [4.78, 5) is 5.30. The van der Waals surface area contributed by atoms with E-state index < -0.39 is 0 Å². The number of likely N-dealkylation sites (tertiary alicyclic amines) is 2. The average molecular weight is 253 g/mol. The van der Waals surface area contributed by atoms with Gasteiger partial charge in [-0.05, 0) is 70.9 Å². The highest BCUT2D eigenvalue weighted by atomic mass is 15.2. The maximum Gasteiger partial charge on any atom is 0.00223 e. The Morgan fingerprint density at radius 3 is 2.50 bits per heavy atom. The molecule has 2 aliphatic heterocycles. The SMILES string of the molecule is CC(C)NCC1CCN(CCCN2CCCC2)C1. The van der Waals surface area contributed by atoms with E-state index in [1.807, 2.05) is 0 Å². The molecule has 2 fully saturated rings. The number of hydrogen-bond acceptors (Lipinski definition) is 3. The third-order valence-electron chi connectivity index (χ3n) is 4.33. The average Bonchev–Trinajstić information content (AvgIpc) is 2.97. The fraction of sp³-hybridized carbons (Fsp3) is 1.00. The van der Waals surface area contributed by atoms with Crippen LogP contribution in [0, 0.1) is 5.92 Å². The molecule has 18 heavy (non-hydrogen) atoms. The Hall–Kier alpha value is -0.120. The van der Waals surface area contributed by atoms with Gasteiger partial charge in [-0.2, -0.15) is 0 Å². The topological polar surface area (TPSA) is 18.5 Å². The van der Waals surface area contributed by atoms with Gasteiger partial charge in [0.15, 0.2) is 0 Å². The van der Waals surface area contributed by atoms with Crippen molar-refractivity contribution in [2.45, 2.75) is 45.6 Å². The van der Waals surface area contributed by atoms with E-state index in [2.05, 4.69) is 29.0 Å². The highest BCUT2D eigenvalue weighted by molar-refractivity contribution is 4.78. The Morgan fingerprint density at radius 1 is 1.06 bits per heavy atom. The molecule has 2 heterocycles. The third kappa shape index (κ3) is 4.87. The molecule has 3 heteroatoms. The highest BCUT2D eigenvalue weighted by Gasteiger charge is 2.22. The summed E-state index contributed by atoms with van der Waals surface area (Å²) in [5, 5.41) is 3.57. The van der Waals surface area contributed by atoms with Gasteiger partial charge in [0.25, 0.3) is 0 Å². The first-order valence-corrected chi connectivity index (χ1v) is 7.92. The lowest BCUT2D eigenvalue weighted by molar-refractivity contribution is 0.273. The second-order valence-corrected chi connectivity index (χ2v) is 6.42. The lowest BCUT2D eigenvalue weighted by Gasteiger charge is -2.19. The van der Waals surface area contributed by atoms with Gasteiger partial charge >= 0.3 is 0 Å². The first-order valence-electron chi connectivity index (χ1n) is 7.92. The van der Waals surface area contributed by atoms with Crippen LogP contribution in [-0.2, 0) is 0 Å². The molecular weight excluding hydrogens is 222 g/mol. The fourth-order valence-corrected chi connectivity index (χ4v) is 3.21. The summed E-state index contributed by atoms with van der Waals surface area (Å²) in [5.74, 6) is 0.888. The fourth-order valence-electron chi connectivity index (χ4n) is 3.21. The summed E-state index contributed by atoms with van der Waals surface area (Å²) in [6, 6.07) is 0.634. The van der Waals surface area contributed by atoms with Gasteiger partial charge in [0.2, 0.25) is 0 Å². The highest BCUT2D eigenvalue weighted by Crippen LogP contribution is 2.16. The Balaban J connectivity index is 1.52. The van der Waals surface area contributed by atoms with Crippen molar-refractivity contribution in [2.75, 3.05) is 45.8 Å². The molecule has 0 saturated carbocycles. The van der Waals surface area contributed by atoms with Crippen molar-refractivity contribution in [1.29, 1.82) is 0 Å². The van der Waals surface area contributed by atoms with Gasteiger partial charge < -0.3 is 15.1 Å². The van der Waals surface area contributed by atoms with Crippen molar-refractivity contribution in [3.8, 4) is 0 Å². The number of nitrogens with zero attached hydrogens (tertiary/aromatic N) is 2. The van der Waals surface area contributed by atoms with Gasteiger partial charge in [-0.1, -0.05) is 13.8 Å². The van der Waals surface area contributed by atoms with Crippen LogP contribution in [0.25, 0.3) is 0 Å². The van der Waals surface area contributed by atoms with Crippen LogP contribution in [0.2, 0.25) is 0 Å². The number of hydrogen-bond donors (Lipinski definition) is 1. The van der Waals surface area contributed by atoms with E-state index >= 15 is 0 Å². The minimum Gasteiger partial charge on any atom is -0.314 e. The van der Waals surface area contributed by atoms with Crippen LogP contribution in [-0.4, -0.2) is 61.7 Å². The van der Waals surface area contributed by atoms with Crippen LogP contribution >= 0.6 is 0 Å². The number of rotatable bonds is 7. The Labute approximate surface area is 113 Å². The van der Waals surface area contributed by atoms with Gasteiger partial charge in [-0.15, -0.1) is 0 Å². The predicted octanol–water partition coefficient (Wildman–Crippen LogP) is 1.79. The zero-order chi connectivity index (χ0) is 12.8. The van der Waals surface area contributed by atoms with Crippen molar-refractivity contribution < 1.29 is 0 Å². The summed E-state index contributed by atoms with van der Waals surface area (Å²) in [6.07, 6.45) is 5.60. The van der Waals surface area contributed by atoms with Gasteiger partial charge in [0, 0.05) is 12.6 Å². The van der Waals surface area contributed by atoms with E-state index in [1.165, 1.54) is 71.5 Å². The second-order valence-electron chi connectivity index (χ2n) is 6.42. The molecule has 0 bridgehead atoms. The van der Waals surface area contributed by atoms with E-state index in [0.717, 1.165) is 5.92 Å².